The second-order valence-corrected chi connectivity index (χ2v) is 10.8. The van der Waals surface area contributed by atoms with Crippen molar-refractivity contribution >= 4 is 19.8 Å². The zero-order valence-corrected chi connectivity index (χ0v) is 9.59. The molecule has 0 aliphatic heterocycles. The summed E-state index contributed by atoms with van der Waals surface area (Å²) in [6.07, 6.45) is 1.30. The van der Waals surface area contributed by atoms with E-state index in [-0.39, 0.29) is 0 Å². The Labute approximate surface area is 65.5 Å². The van der Waals surface area contributed by atoms with Gasteiger partial charge in [0.15, 0.2) is 0 Å². The molecule has 0 atom stereocenters. The summed E-state index contributed by atoms with van der Waals surface area (Å²) >= 11 is -0.758. The first-order valence-corrected chi connectivity index (χ1v) is 11.4. The molecule has 0 spiro atoms. The van der Waals surface area contributed by atoms with Crippen LogP contribution in [0, 0.1) is 0 Å². The van der Waals surface area contributed by atoms with Crippen LogP contribution in [0.25, 0.3) is 0 Å². The van der Waals surface area contributed by atoms with Crippen molar-refractivity contribution in [2.24, 2.45) is 0 Å². The first-order chi connectivity index (χ1) is 4.27. The van der Waals surface area contributed by atoms with Crippen molar-refractivity contribution in [2.45, 2.75) is 27.7 Å². The Morgan fingerprint density at radius 1 is 1.33 bits per heavy atom. The van der Waals surface area contributed by atoms with Gasteiger partial charge in [-0.15, -0.1) is 0 Å². The van der Waals surface area contributed by atoms with Crippen molar-refractivity contribution in [3.63, 3.8) is 0 Å². The minimum atomic E-state index is -0.758. The average Bonchev–Trinajstić information content (AvgIpc) is 1.80. The zero-order chi connectivity index (χ0) is 7.11. The van der Waals surface area contributed by atoms with Crippen LogP contribution in [0.3, 0.4) is 0 Å². The molecule has 2 heteroatoms. The number of ether oxygens (including phenoxy) is 1. The summed E-state index contributed by atoms with van der Waals surface area (Å²) in [6, 6.07) is 0. The number of hydrogen-bond acceptors (Lipinski definition) is 1. The van der Waals surface area contributed by atoms with E-state index in [9.17, 15) is 0 Å². The van der Waals surface area contributed by atoms with E-state index in [1.54, 1.807) is 0 Å². The van der Waals surface area contributed by atoms with Gasteiger partial charge in [0.05, 0.1) is 0 Å². The second-order valence-electron chi connectivity index (χ2n) is 2.51. The summed E-state index contributed by atoms with van der Waals surface area (Å²) in [4.78, 5) is 4.88. The molecule has 55 valence electrons. The molecule has 0 aromatic carbocycles. The van der Waals surface area contributed by atoms with E-state index in [4.69, 9.17) is 4.74 Å². The Hall–Kier alpha value is 0.759. The summed E-state index contributed by atoms with van der Waals surface area (Å²) in [5.74, 6) is 0. The predicted molar refractivity (Wildman–Crippen MR) is 43.4 cm³/mol. The van der Waals surface area contributed by atoms with E-state index >= 15 is 0 Å². The van der Waals surface area contributed by atoms with Crippen molar-refractivity contribution in [1.29, 1.82) is 0 Å². The number of rotatable bonds is 5. The van der Waals surface area contributed by atoms with Crippen molar-refractivity contribution in [3.8, 4) is 0 Å². The molecule has 0 rings (SSSR count). The van der Waals surface area contributed by atoms with E-state index in [1.807, 2.05) is 0 Å². The third-order valence-electron chi connectivity index (χ3n) is 1.17. The molecule has 0 aliphatic rings. The van der Waals surface area contributed by atoms with Crippen LogP contribution in [0.4, 0.5) is 0 Å². The van der Waals surface area contributed by atoms with Gasteiger partial charge in [-0.3, -0.25) is 0 Å². The summed E-state index contributed by atoms with van der Waals surface area (Å²) in [6.45, 7) is 3.92. The van der Waals surface area contributed by atoms with Crippen LogP contribution in [0.15, 0.2) is 0 Å². The fourth-order valence-electron chi connectivity index (χ4n) is 0.672. The summed E-state index contributed by atoms with van der Waals surface area (Å²) in [7, 11) is 0. The summed E-state index contributed by atoms with van der Waals surface area (Å²) in [5, 5.41) is 0. The van der Waals surface area contributed by atoms with Crippen LogP contribution in [0.5, 0.6) is 0 Å². The van der Waals surface area contributed by atoms with Crippen LogP contribution in [-0.4, -0.2) is 33.0 Å². The molecule has 0 N–H and O–H groups in total. The molecule has 0 aromatic rings. The van der Waals surface area contributed by atoms with Crippen molar-refractivity contribution in [3.05, 3.63) is 0 Å². The van der Waals surface area contributed by atoms with Crippen molar-refractivity contribution in [2.75, 3.05) is 13.2 Å². The van der Waals surface area contributed by atoms with Gasteiger partial charge in [0, 0.05) is 0 Å². The van der Waals surface area contributed by atoms with Crippen molar-refractivity contribution in [1.82, 2.24) is 0 Å². The molecule has 0 aliphatic carbocycles. The van der Waals surface area contributed by atoms with E-state index < -0.39 is 19.8 Å². The molecule has 0 aromatic heterocycles. The van der Waals surface area contributed by atoms with E-state index in [0.29, 0.717) is 0 Å². The Morgan fingerprint density at radius 3 is 2.44 bits per heavy atom. The molecular formula is C7H17OSn. The zero-order valence-electron chi connectivity index (χ0n) is 6.74. The molecule has 0 fully saturated rings. The van der Waals surface area contributed by atoms with Gasteiger partial charge in [-0.25, -0.2) is 0 Å². The molecule has 0 bridgehead atoms. The Kier molecular flexibility index (Phi) is 7.45. The van der Waals surface area contributed by atoms with Crippen molar-refractivity contribution < 1.29 is 4.74 Å². The third kappa shape index (κ3) is 8.76. The fourth-order valence-corrected chi connectivity index (χ4v) is 3.10. The first-order valence-electron chi connectivity index (χ1n) is 3.64. The topological polar surface area (TPSA) is 9.23 Å². The van der Waals surface area contributed by atoms with Gasteiger partial charge >= 0.3 is 65.4 Å². The maximum atomic E-state index is 5.22. The first kappa shape index (κ1) is 9.76. The van der Waals surface area contributed by atoms with E-state index in [1.165, 1.54) is 10.9 Å². The Balaban J connectivity index is 2.75. The Morgan fingerprint density at radius 2 is 2.00 bits per heavy atom. The predicted octanol–water partition coefficient (Wildman–Crippen LogP) is 2.17. The monoisotopic (exact) mass is 237 g/mol. The fraction of sp³-hybridized carbons (Fsp3) is 1.00. The van der Waals surface area contributed by atoms with Crippen LogP contribution < -0.4 is 0 Å². The molecule has 0 saturated heterocycles. The maximum absolute atomic E-state index is 5.22. The van der Waals surface area contributed by atoms with E-state index in [2.05, 4.69) is 16.8 Å². The third-order valence-corrected chi connectivity index (χ3v) is 5.03. The number of hydrogen-bond donors (Lipinski definition) is 0. The molecule has 1 nitrogen and oxygen atoms in total. The van der Waals surface area contributed by atoms with Gasteiger partial charge in [-0.05, 0) is 0 Å². The van der Waals surface area contributed by atoms with Gasteiger partial charge in [0.1, 0.15) is 0 Å². The van der Waals surface area contributed by atoms with Crippen LogP contribution in [-0.2, 0) is 4.74 Å². The van der Waals surface area contributed by atoms with Gasteiger partial charge in [-0.2, -0.15) is 0 Å². The van der Waals surface area contributed by atoms with Crippen LogP contribution in [0.2, 0.25) is 14.3 Å². The molecule has 0 amide bonds. The Bertz CT molecular complexity index is 54.9. The van der Waals surface area contributed by atoms with Gasteiger partial charge < -0.3 is 0 Å². The minimum absolute atomic E-state index is 0.758. The van der Waals surface area contributed by atoms with Gasteiger partial charge in [-0.1, -0.05) is 0 Å². The molecule has 1 radical (unpaired) electrons. The normalized spacial score (nSPS) is 10.7. The molecule has 0 saturated carbocycles. The quantitative estimate of drug-likeness (QED) is 0.525. The van der Waals surface area contributed by atoms with Gasteiger partial charge in [0.2, 0.25) is 0 Å². The summed E-state index contributed by atoms with van der Waals surface area (Å²) in [5.41, 5.74) is 0. The van der Waals surface area contributed by atoms with E-state index in [0.717, 1.165) is 13.2 Å². The standard InChI is InChI=1S/C5H11O.2CH3.Sn/c1-3-5-6-4-2;;;/h1,3-5H2,2H3;2*1H3;. The average molecular weight is 236 g/mol. The SMILES string of the molecule is CCOCC[CH2][Sn]([CH3])[CH3]. The van der Waals surface area contributed by atoms with Gasteiger partial charge in [0.25, 0.3) is 0 Å². The van der Waals surface area contributed by atoms with Crippen LogP contribution in [0.1, 0.15) is 13.3 Å². The molecule has 0 unspecified atom stereocenters. The molecule has 0 heterocycles. The second kappa shape index (κ2) is 6.87. The summed E-state index contributed by atoms with van der Waals surface area (Å²) < 4.78 is 6.70. The van der Waals surface area contributed by atoms with Crippen LogP contribution >= 0.6 is 0 Å². The molecular weight excluding hydrogens is 219 g/mol. The molecule has 9 heavy (non-hydrogen) atoms.